The first-order valence-electron chi connectivity index (χ1n) is 10.1. The topological polar surface area (TPSA) is 66.8 Å². The summed E-state index contributed by atoms with van der Waals surface area (Å²) in [7, 11) is 0. The van der Waals surface area contributed by atoms with Gasteiger partial charge in [0.15, 0.2) is 0 Å². The lowest BCUT2D eigenvalue weighted by molar-refractivity contribution is -0.171. The molecule has 1 amide bonds. The molecule has 0 aliphatic carbocycles. The van der Waals surface area contributed by atoms with Gasteiger partial charge in [0.2, 0.25) is 5.91 Å². The number of carboxylic acids is 1. The number of hydrogen-bond acceptors (Lipinski definition) is 3. The molecule has 0 radical (unpaired) electrons. The molecule has 0 spiro atoms. The Kier molecular flexibility index (Phi) is 6.80. The Balaban J connectivity index is 1.80. The first-order valence-corrected chi connectivity index (χ1v) is 10.9. The average molecular weight is 470 g/mol. The molecule has 0 unspecified atom stereocenters. The summed E-state index contributed by atoms with van der Waals surface area (Å²) in [5, 5.41) is 11.3. The van der Waals surface area contributed by atoms with Crippen LogP contribution in [-0.2, 0) is 20.7 Å². The summed E-state index contributed by atoms with van der Waals surface area (Å²) in [4.78, 5) is 26.9. The molecule has 5 nitrogen and oxygen atoms in total. The van der Waals surface area contributed by atoms with E-state index in [1.54, 1.807) is 36.4 Å². The molecule has 0 saturated carbocycles. The van der Waals surface area contributed by atoms with Crippen molar-refractivity contribution in [3.63, 3.8) is 0 Å². The Labute approximate surface area is 196 Å². The van der Waals surface area contributed by atoms with Gasteiger partial charge in [0.25, 0.3) is 0 Å². The van der Waals surface area contributed by atoms with E-state index in [0.717, 1.165) is 16.7 Å². The highest BCUT2D eigenvalue weighted by atomic mass is 35.5. The number of halogens is 2. The second-order valence-electron chi connectivity index (χ2n) is 7.62. The van der Waals surface area contributed by atoms with Crippen LogP contribution in [0.25, 0.3) is 0 Å². The minimum atomic E-state index is -1.07. The van der Waals surface area contributed by atoms with E-state index in [1.807, 2.05) is 42.5 Å². The van der Waals surface area contributed by atoms with Crippen LogP contribution < -0.4 is 0 Å². The normalized spacial score (nSPS) is 19.6. The van der Waals surface area contributed by atoms with Crippen molar-refractivity contribution in [2.75, 3.05) is 6.61 Å². The Morgan fingerprint density at radius 2 is 1.50 bits per heavy atom. The SMILES string of the molecule is O=C(O)[C@@H](Cc1ccccc1)N1C(=O)CO[C@@H](c2ccc(Cl)cc2)[C@H]1c1ccc(Cl)cc1. The zero-order valence-corrected chi connectivity index (χ0v) is 18.5. The molecule has 1 saturated heterocycles. The molecule has 0 bridgehead atoms. The summed E-state index contributed by atoms with van der Waals surface area (Å²) in [5.41, 5.74) is 2.37. The average Bonchev–Trinajstić information content (AvgIpc) is 2.79. The highest BCUT2D eigenvalue weighted by Gasteiger charge is 2.44. The number of amides is 1. The predicted octanol–water partition coefficient (Wildman–Crippen LogP) is 5.33. The van der Waals surface area contributed by atoms with Gasteiger partial charge in [-0.05, 0) is 41.0 Å². The van der Waals surface area contributed by atoms with Crippen LogP contribution in [0, 0.1) is 0 Å². The minimum Gasteiger partial charge on any atom is -0.480 e. The number of rotatable bonds is 6. The summed E-state index contributed by atoms with van der Waals surface area (Å²) in [6, 6.07) is 21.8. The van der Waals surface area contributed by atoms with E-state index < -0.39 is 24.2 Å². The molecule has 32 heavy (non-hydrogen) atoms. The molecule has 1 aliphatic heterocycles. The number of hydrogen-bond donors (Lipinski definition) is 1. The Morgan fingerprint density at radius 3 is 2.06 bits per heavy atom. The summed E-state index contributed by atoms with van der Waals surface area (Å²) >= 11 is 12.1. The highest BCUT2D eigenvalue weighted by Crippen LogP contribution is 2.42. The molecule has 164 valence electrons. The fourth-order valence-electron chi connectivity index (χ4n) is 4.06. The summed E-state index contributed by atoms with van der Waals surface area (Å²) in [6.45, 7) is -0.212. The number of carbonyl (C=O) groups excluding carboxylic acids is 1. The van der Waals surface area contributed by atoms with Gasteiger partial charge in [-0.3, -0.25) is 4.79 Å². The van der Waals surface area contributed by atoms with E-state index in [1.165, 1.54) is 4.90 Å². The number of nitrogens with zero attached hydrogens (tertiary/aromatic N) is 1. The standard InChI is InChI=1S/C25H21Cl2NO4/c26-19-10-6-17(7-11-19)23-24(18-8-12-20(27)13-9-18)32-15-22(29)28(23)21(25(30)31)14-16-4-2-1-3-5-16/h1-13,21,23-24H,14-15H2,(H,30,31)/t21-,23-,24+/m1/s1. The Bertz CT molecular complexity index is 1090. The third-order valence-corrected chi connectivity index (χ3v) is 6.07. The van der Waals surface area contributed by atoms with Crippen molar-refractivity contribution < 1.29 is 19.4 Å². The van der Waals surface area contributed by atoms with Crippen LogP contribution in [0.3, 0.4) is 0 Å². The fraction of sp³-hybridized carbons (Fsp3) is 0.200. The van der Waals surface area contributed by atoms with Gasteiger partial charge < -0.3 is 14.7 Å². The lowest BCUT2D eigenvalue weighted by Crippen LogP contribution is -2.54. The quantitative estimate of drug-likeness (QED) is 0.529. The van der Waals surface area contributed by atoms with E-state index in [0.29, 0.717) is 10.0 Å². The summed E-state index contributed by atoms with van der Waals surface area (Å²) in [5.74, 6) is -1.45. The van der Waals surface area contributed by atoms with E-state index in [-0.39, 0.29) is 18.9 Å². The number of carboxylic acid groups (broad SMARTS) is 1. The molecule has 3 aromatic carbocycles. The van der Waals surface area contributed by atoms with Crippen molar-refractivity contribution in [1.29, 1.82) is 0 Å². The zero-order valence-electron chi connectivity index (χ0n) is 17.0. The van der Waals surface area contributed by atoms with Crippen molar-refractivity contribution in [2.24, 2.45) is 0 Å². The molecule has 3 atom stereocenters. The smallest absolute Gasteiger partial charge is 0.326 e. The first kappa shape index (κ1) is 22.3. The van der Waals surface area contributed by atoms with Crippen molar-refractivity contribution in [3.05, 3.63) is 106 Å². The summed E-state index contributed by atoms with van der Waals surface area (Å²) in [6.07, 6.45) is -0.386. The van der Waals surface area contributed by atoms with Crippen LogP contribution in [0.1, 0.15) is 28.8 Å². The van der Waals surface area contributed by atoms with Gasteiger partial charge in [-0.1, -0.05) is 77.8 Å². The molecular weight excluding hydrogens is 449 g/mol. The molecule has 1 heterocycles. The van der Waals surface area contributed by atoms with Crippen molar-refractivity contribution in [2.45, 2.75) is 24.6 Å². The predicted molar refractivity (Wildman–Crippen MR) is 123 cm³/mol. The van der Waals surface area contributed by atoms with Gasteiger partial charge in [0.1, 0.15) is 18.8 Å². The van der Waals surface area contributed by atoms with E-state index in [9.17, 15) is 14.7 Å². The van der Waals surface area contributed by atoms with Crippen LogP contribution in [0.15, 0.2) is 78.9 Å². The largest absolute Gasteiger partial charge is 0.480 e. The fourth-order valence-corrected chi connectivity index (χ4v) is 4.32. The first-order chi connectivity index (χ1) is 15.4. The van der Waals surface area contributed by atoms with E-state index >= 15 is 0 Å². The molecule has 1 aliphatic rings. The van der Waals surface area contributed by atoms with E-state index in [4.69, 9.17) is 27.9 Å². The zero-order chi connectivity index (χ0) is 22.7. The van der Waals surface area contributed by atoms with Gasteiger partial charge in [-0.25, -0.2) is 4.79 Å². The maximum atomic E-state index is 13.1. The van der Waals surface area contributed by atoms with Crippen molar-refractivity contribution in [1.82, 2.24) is 4.90 Å². The van der Waals surface area contributed by atoms with Gasteiger partial charge in [0, 0.05) is 16.5 Å². The van der Waals surface area contributed by atoms with Gasteiger partial charge >= 0.3 is 5.97 Å². The monoisotopic (exact) mass is 469 g/mol. The van der Waals surface area contributed by atoms with Crippen LogP contribution in [-0.4, -0.2) is 34.5 Å². The number of benzene rings is 3. The van der Waals surface area contributed by atoms with Gasteiger partial charge in [-0.2, -0.15) is 0 Å². The van der Waals surface area contributed by atoms with Crippen molar-refractivity contribution in [3.8, 4) is 0 Å². The Morgan fingerprint density at radius 1 is 0.938 bits per heavy atom. The molecule has 1 fully saturated rings. The van der Waals surface area contributed by atoms with Gasteiger partial charge in [0.05, 0.1) is 6.04 Å². The van der Waals surface area contributed by atoms with Crippen LogP contribution in [0.4, 0.5) is 0 Å². The highest BCUT2D eigenvalue weighted by molar-refractivity contribution is 6.30. The maximum absolute atomic E-state index is 13.1. The third kappa shape index (κ3) is 4.80. The number of morpholine rings is 1. The van der Waals surface area contributed by atoms with Crippen LogP contribution in [0.5, 0.6) is 0 Å². The number of ether oxygens (including phenoxy) is 1. The lowest BCUT2D eigenvalue weighted by atomic mass is 9.90. The molecule has 4 rings (SSSR count). The molecule has 1 N–H and O–H groups in total. The summed E-state index contributed by atoms with van der Waals surface area (Å²) < 4.78 is 5.96. The molecule has 0 aromatic heterocycles. The van der Waals surface area contributed by atoms with Crippen LogP contribution in [0.2, 0.25) is 10.0 Å². The Hall–Kier alpha value is -2.86. The third-order valence-electron chi connectivity index (χ3n) is 5.56. The maximum Gasteiger partial charge on any atom is 0.326 e. The molecular formula is C25H21Cl2NO4. The second-order valence-corrected chi connectivity index (χ2v) is 8.50. The second kappa shape index (κ2) is 9.74. The van der Waals surface area contributed by atoms with E-state index in [2.05, 4.69) is 0 Å². The number of aliphatic carboxylic acids is 1. The lowest BCUT2D eigenvalue weighted by Gasteiger charge is -2.44. The minimum absolute atomic E-state index is 0.180. The van der Waals surface area contributed by atoms with Crippen LogP contribution >= 0.6 is 23.2 Å². The molecule has 3 aromatic rings. The van der Waals surface area contributed by atoms with Crippen molar-refractivity contribution >= 4 is 35.1 Å². The molecule has 7 heteroatoms. The van der Waals surface area contributed by atoms with Gasteiger partial charge in [-0.15, -0.1) is 0 Å². The number of carbonyl (C=O) groups is 2.